The highest BCUT2D eigenvalue weighted by Gasteiger charge is 2.31. The third-order valence-electron chi connectivity index (χ3n) is 3.94. The number of nitrogens with two attached hydrogens (primary N) is 1. The molecule has 0 heterocycles. The molecule has 1 aromatic carbocycles. The maximum Gasteiger partial charge on any atom is 0.189 e. The van der Waals surface area contributed by atoms with Crippen molar-refractivity contribution in [3.05, 3.63) is 35.4 Å². The molecule has 0 aromatic heterocycles. The summed E-state index contributed by atoms with van der Waals surface area (Å²) in [4.78, 5) is 4.59. The van der Waals surface area contributed by atoms with Gasteiger partial charge in [-0.1, -0.05) is 31.2 Å². The van der Waals surface area contributed by atoms with Crippen LogP contribution in [0.4, 0.5) is 0 Å². The average Bonchev–Trinajstić information content (AvgIpc) is 2.35. The number of rotatable bonds is 2. The zero-order valence-corrected chi connectivity index (χ0v) is 15.9. The van der Waals surface area contributed by atoms with E-state index >= 15 is 0 Å². The van der Waals surface area contributed by atoms with Crippen LogP contribution in [0, 0.1) is 0 Å². The van der Waals surface area contributed by atoms with Crippen LogP contribution in [-0.4, -0.2) is 18.0 Å². The van der Waals surface area contributed by atoms with E-state index in [-0.39, 0.29) is 34.9 Å². The van der Waals surface area contributed by atoms with E-state index in [9.17, 15) is 0 Å². The highest BCUT2D eigenvalue weighted by Crippen LogP contribution is 2.37. The van der Waals surface area contributed by atoms with Gasteiger partial charge >= 0.3 is 0 Å². The van der Waals surface area contributed by atoms with Gasteiger partial charge in [-0.05, 0) is 51.2 Å². The molecule has 1 aliphatic rings. The fourth-order valence-electron chi connectivity index (χ4n) is 2.98. The molecule has 0 amide bonds. The molecule has 4 heteroatoms. The van der Waals surface area contributed by atoms with E-state index in [0.717, 1.165) is 6.54 Å². The van der Waals surface area contributed by atoms with Gasteiger partial charge in [-0.25, -0.2) is 0 Å². The van der Waals surface area contributed by atoms with Crippen LogP contribution in [0.15, 0.2) is 29.3 Å². The van der Waals surface area contributed by atoms with Gasteiger partial charge in [0.15, 0.2) is 5.96 Å². The Balaban J connectivity index is 0.00000220. The van der Waals surface area contributed by atoms with Crippen molar-refractivity contribution in [2.75, 3.05) is 6.54 Å². The first-order chi connectivity index (χ1) is 9.30. The third kappa shape index (κ3) is 4.87. The van der Waals surface area contributed by atoms with Gasteiger partial charge in [-0.2, -0.15) is 0 Å². The third-order valence-corrected chi connectivity index (χ3v) is 3.94. The second-order valence-electron chi connectivity index (χ2n) is 7.15. The quantitative estimate of drug-likeness (QED) is 0.452. The topological polar surface area (TPSA) is 50.4 Å². The molecule has 0 bridgehead atoms. The number of fused-ring (bicyclic) bond motifs is 1. The summed E-state index contributed by atoms with van der Waals surface area (Å²) in [5.74, 6) is 0.543. The minimum absolute atomic E-state index is 0. The second-order valence-corrected chi connectivity index (χ2v) is 7.15. The number of nitrogens with one attached hydrogen (secondary N) is 1. The lowest BCUT2D eigenvalue weighted by molar-refractivity contribution is 0.403. The lowest BCUT2D eigenvalue weighted by atomic mass is 9.71. The number of nitrogens with zero attached hydrogens (tertiary/aromatic N) is 1. The standard InChI is InChI=1S/C17H27N3.HI/c1-16(2,3)20-15(18)19-12-17(4)11-7-9-13-8-5-6-10-14(13)17;/h5-6,8,10H,7,9,11-12H2,1-4H3,(H3,18,19,20);1H. The monoisotopic (exact) mass is 401 g/mol. The fourth-order valence-corrected chi connectivity index (χ4v) is 2.98. The second kappa shape index (κ2) is 6.99. The Hall–Kier alpha value is -0.780. The van der Waals surface area contributed by atoms with Gasteiger partial charge in [-0.15, -0.1) is 24.0 Å². The molecular weight excluding hydrogens is 373 g/mol. The molecule has 1 aliphatic carbocycles. The van der Waals surface area contributed by atoms with Crippen LogP contribution < -0.4 is 11.1 Å². The summed E-state index contributed by atoms with van der Waals surface area (Å²) in [5, 5.41) is 3.23. The Morgan fingerprint density at radius 3 is 2.67 bits per heavy atom. The molecule has 0 saturated carbocycles. The molecule has 0 saturated heterocycles. The summed E-state index contributed by atoms with van der Waals surface area (Å²) in [6, 6.07) is 8.75. The molecule has 1 aromatic rings. The SMILES string of the molecule is CC(C)(C)NC(N)=NCC1(C)CCCc2ccccc21.I. The van der Waals surface area contributed by atoms with Gasteiger partial charge in [-0.3, -0.25) is 4.99 Å². The summed E-state index contributed by atoms with van der Waals surface area (Å²) in [5.41, 5.74) is 8.98. The molecule has 118 valence electrons. The maximum atomic E-state index is 5.99. The number of halogens is 1. The van der Waals surface area contributed by atoms with Gasteiger partial charge in [0.2, 0.25) is 0 Å². The van der Waals surface area contributed by atoms with Crippen LogP contribution in [0.25, 0.3) is 0 Å². The largest absolute Gasteiger partial charge is 0.370 e. The number of hydrogen-bond acceptors (Lipinski definition) is 1. The number of aryl methyl sites for hydroxylation is 1. The molecule has 1 atom stereocenters. The van der Waals surface area contributed by atoms with Crippen molar-refractivity contribution in [2.24, 2.45) is 10.7 Å². The summed E-state index contributed by atoms with van der Waals surface area (Å²) in [6.45, 7) is 9.32. The summed E-state index contributed by atoms with van der Waals surface area (Å²) < 4.78 is 0. The van der Waals surface area contributed by atoms with Crippen molar-refractivity contribution < 1.29 is 0 Å². The minimum atomic E-state index is -0.0427. The summed E-state index contributed by atoms with van der Waals surface area (Å²) in [6.07, 6.45) is 3.59. The molecule has 0 fully saturated rings. The van der Waals surface area contributed by atoms with Crippen LogP contribution in [0.2, 0.25) is 0 Å². The molecule has 1 unspecified atom stereocenters. The van der Waals surface area contributed by atoms with Gasteiger partial charge in [0.05, 0.1) is 6.54 Å². The van der Waals surface area contributed by atoms with E-state index < -0.39 is 0 Å². The van der Waals surface area contributed by atoms with Gasteiger partial charge in [0.25, 0.3) is 0 Å². The Bertz CT molecular complexity index is 505. The first kappa shape index (κ1) is 18.3. The zero-order valence-electron chi connectivity index (χ0n) is 13.6. The predicted octanol–water partition coefficient (Wildman–Crippen LogP) is 3.60. The van der Waals surface area contributed by atoms with E-state index in [0.29, 0.717) is 5.96 Å². The van der Waals surface area contributed by atoms with Crippen LogP contribution in [0.5, 0.6) is 0 Å². The first-order valence-electron chi connectivity index (χ1n) is 7.47. The van der Waals surface area contributed by atoms with E-state index in [1.54, 1.807) is 0 Å². The van der Waals surface area contributed by atoms with Crippen LogP contribution in [0.3, 0.4) is 0 Å². The lowest BCUT2D eigenvalue weighted by Gasteiger charge is -2.35. The smallest absolute Gasteiger partial charge is 0.189 e. The molecular formula is C17H28IN3. The summed E-state index contributed by atoms with van der Waals surface area (Å²) in [7, 11) is 0. The lowest BCUT2D eigenvalue weighted by Crippen LogP contribution is -2.45. The normalized spacial score (nSPS) is 22.2. The molecule has 21 heavy (non-hydrogen) atoms. The average molecular weight is 401 g/mol. The van der Waals surface area contributed by atoms with Crippen molar-refractivity contribution in [2.45, 2.75) is 57.9 Å². The Morgan fingerprint density at radius 1 is 1.33 bits per heavy atom. The highest BCUT2D eigenvalue weighted by atomic mass is 127. The highest BCUT2D eigenvalue weighted by molar-refractivity contribution is 14.0. The van der Waals surface area contributed by atoms with Crippen LogP contribution >= 0.6 is 24.0 Å². The Kier molecular flexibility index (Phi) is 6.08. The van der Waals surface area contributed by atoms with E-state index in [1.165, 1.54) is 30.4 Å². The fraction of sp³-hybridized carbons (Fsp3) is 0.588. The Morgan fingerprint density at radius 2 is 2.00 bits per heavy atom. The van der Waals surface area contributed by atoms with Gasteiger partial charge < -0.3 is 11.1 Å². The van der Waals surface area contributed by atoms with Crippen molar-refractivity contribution in [1.82, 2.24) is 5.32 Å². The number of aliphatic imine (C=N–C) groups is 1. The van der Waals surface area contributed by atoms with E-state index in [2.05, 4.69) is 62.3 Å². The molecule has 0 spiro atoms. The van der Waals surface area contributed by atoms with Crippen LogP contribution in [0.1, 0.15) is 51.7 Å². The zero-order chi connectivity index (χ0) is 14.8. The van der Waals surface area contributed by atoms with Gasteiger partial charge in [0, 0.05) is 11.0 Å². The van der Waals surface area contributed by atoms with E-state index in [1.807, 2.05) is 0 Å². The van der Waals surface area contributed by atoms with Crippen LogP contribution in [-0.2, 0) is 11.8 Å². The molecule has 2 rings (SSSR count). The van der Waals surface area contributed by atoms with Crippen molar-refractivity contribution in [1.29, 1.82) is 0 Å². The van der Waals surface area contributed by atoms with Gasteiger partial charge in [0.1, 0.15) is 0 Å². The maximum absolute atomic E-state index is 5.99. The van der Waals surface area contributed by atoms with Crippen molar-refractivity contribution >= 4 is 29.9 Å². The Labute approximate surface area is 145 Å². The molecule has 0 radical (unpaired) electrons. The molecule has 3 nitrogen and oxygen atoms in total. The van der Waals surface area contributed by atoms with E-state index in [4.69, 9.17) is 5.73 Å². The molecule has 3 N–H and O–H groups in total. The minimum Gasteiger partial charge on any atom is -0.370 e. The number of guanidine groups is 1. The number of benzene rings is 1. The predicted molar refractivity (Wildman–Crippen MR) is 102 cm³/mol. The number of hydrogen-bond donors (Lipinski definition) is 2. The summed E-state index contributed by atoms with van der Waals surface area (Å²) >= 11 is 0. The van der Waals surface area contributed by atoms with Crippen molar-refractivity contribution in [3.8, 4) is 0 Å². The van der Waals surface area contributed by atoms with Crippen molar-refractivity contribution in [3.63, 3.8) is 0 Å². The molecule has 0 aliphatic heterocycles. The first-order valence-corrected chi connectivity index (χ1v) is 7.47.